The van der Waals surface area contributed by atoms with Crippen LogP contribution in [0.3, 0.4) is 0 Å². The highest BCUT2D eigenvalue weighted by Crippen LogP contribution is 2.28. The molecule has 3 atom stereocenters. The predicted molar refractivity (Wildman–Crippen MR) is 94.8 cm³/mol. The number of aliphatic hydroxyl groups excluding tert-OH is 1. The van der Waals surface area contributed by atoms with Crippen LogP contribution >= 0.6 is 0 Å². The van der Waals surface area contributed by atoms with E-state index in [-0.39, 0.29) is 12.1 Å². The number of carbonyl (C=O) groups excluding carboxylic acids is 1. The monoisotopic (exact) mass is 334 g/mol. The summed E-state index contributed by atoms with van der Waals surface area (Å²) in [4.78, 5) is 14.1. The van der Waals surface area contributed by atoms with Gasteiger partial charge in [0.2, 0.25) is 0 Å². The third-order valence-electron chi connectivity index (χ3n) is 4.45. The van der Waals surface area contributed by atoms with Gasteiger partial charge < -0.3 is 20.1 Å². The summed E-state index contributed by atoms with van der Waals surface area (Å²) in [5.41, 5.74) is 1.39. The van der Waals surface area contributed by atoms with E-state index >= 15 is 0 Å². The molecule has 0 bridgehead atoms. The number of likely N-dealkylation sites (tertiary alicyclic amines) is 1. The summed E-state index contributed by atoms with van der Waals surface area (Å²) in [6.07, 6.45) is 1.26. The molecular weight excluding hydrogens is 304 g/mol. The second-order valence-electron chi connectivity index (χ2n) is 7.67. The lowest BCUT2D eigenvalue weighted by molar-refractivity contribution is 0.0507. The number of rotatable bonds is 4. The van der Waals surface area contributed by atoms with Crippen LogP contribution in [-0.2, 0) is 4.74 Å². The predicted octanol–water partition coefficient (Wildman–Crippen LogP) is 3.40. The maximum Gasteiger partial charge on any atom is 0.408 e. The fourth-order valence-electron chi connectivity index (χ4n) is 3.11. The van der Waals surface area contributed by atoms with Gasteiger partial charge >= 0.3 is 6.09 Å². The molecule has 1 amide bonds. The fourth-order valence-corrected chi connectivity index (χ4v) is 3.11. The van der Waals surface area contributed by atoms with E-state index in [0.29, 0.717) is 0 Å². The zero-order valence-corrected chi connectivity index (χ0v) is 15.4. The molecule has 1 saturated heterocycles. The quantitative estimate of drug-likeness (QED) is 0.886. The number of likely N-dealkylation sites (N-methyl/N-ethyl adjacent to an activating group) is 1. The Labute approximate surface area is 145 Å². The molecule has 134 valence electrons. The van der Waals surface area contributed by atoms with Crippen LogP contribution in [-0.4, -0.2) is 41.3 Å². The molecule has 0 spiro atoms. The fraction of sp³-hybridized carbons (Fsp3) is 0.632. The molecule has 0 saturated carbocycles. The van der Waals surface area contributed by atoms with E-state index < -0.39 is 17.8 Å². The van der Waals surface area contributed by atoms with E-state index in [1.54, 1.807) is 0 Å². The van der Waals surface area contributed by atoms with E-state index in [9.17, 15) is 9.90 Å². The molecule has 1 heterocycles. The van der Waals surface area contributed by atoms with E-state index in [2.05, 4.69) is 17.3 Å². The molecule has 0 aromatic heterocycles. The van der Waals surface area contributed by atoms with Crippen molar-refractivity contribution in [2.24, 2.45) is 0 Å². The summed E-state index contributed by atoms with van der Waals surface area (Å²) >= 11 is 0. The zero-order valence-electron chi connectivity index (χ0n) is 15.4. The average molecular weight is 334 g/mol. The van der Waals surface area contributed by atoms with Gasteiger partial charge in [0.25, 0.3) is 0 Å². The summed E-state index contributed by atoms with van der Waals surface area (Å²) in [5, 5.41) is 13.4. The standard InChI is InChI=1S/C19H30N2O3/c1-13(20-18(23)24-19(2,3)4)14-8-10-15(11-9-14)17(22)16-7-6-12-21(16)5/h8-11,13,16-17,22H,6-7,12H2,1-5H3,(H,20,23)/t13-,16+,17?/m0/s1. The van der Waals surface area contributed by atoms with E-state index in [0.717, 1.165) is 30.5 Å². The summed E-state index contributed by atoms with van der Waals surface area (Å²) in [7, 11) is 2.06. The molecule has 5 nitrogen and oxygen atoms in total. The van der Waals surface area contributed by atoms with Crippen LogP contribution in [0.25, 0.3) is 0 Å². The average Bonchev–Trinajstić information content (AvgIpc) is 2.90. The second kappa shape index (κ2) is 7.53. The van der Waals surface area contributed by atoms with Crippen LogP contribution in [0.15, 0.2) is 24.3 Å². The molecule has 0 radical (unpaired) electrons. The number of amides is 1. The van der Waals surface area contributed by atoms with Gasteiger partial charge in [-0.2, -0.15) is 0 Å². The molecule has 5 heteroatoms. The van der Waals surface area contributed by atoms with Crippen LogP contribution in [0.4, 0.5) is 4.79 Å². The van der Waals surface area contributed by atoms with Crippen molar-refractivity contribution >= 4 is 6.09 Å². The number of ether oxygens (including phenoxy) is 1. The maximum absolute atomic E-state index is 11.8. The molecule has 2 N–H and O–H groups in total. The summed E-state index contributed by atoms with van der Waals surface area (Å²) in [6.45, 7) is 8.48. The Morgan fingerprint density at radius 2 is 1.88 bits per heavy atom. The van der Waals surface area contributed by atoms with Crippen molar-refractivity contribution in [2.75, 3.05) is 13.6 Å². The SMILES string of the molecule is C[C@H](NC(=O)OC(C)(C)C)c1ccc(C(O)[C@H]2CCCN2C)cc1. The van der Waals surface area contributed by atoms with Crippen molar-refractivity contribution in [3.63, 3.8) is 0 Å². The summed E-state index contributed by atoms with van der Waals surface area (Å²) in [6, 6.07) is 7.83. The van der Waals surface area contributed by atoms with Crippen LogP contribution in [0.1, 0.15) is 63.8 Å². The number of benzene rings is 1. The minimum Gasteiger partial charge on any atom is -0.444 e. The van der Waals surface area contributed by atoms with Crippen LogP contribution in [0.2, 0.25) is 0 Å². The summed E-state index contributed by atoms with van der Waals surface area (Å²) in [5.74, 6) is 0. The van der Waals surface area contributed by atoms with Gasteiger partial charge in [-0.3, -0.25) is 0 Å². The molecular formula is C19H30N2O3. The number of nitrogens with one attached hydrogen (secondary N) is 1. The first-order valence-corrected chi connectivity index (χ1v) is 8.65. The van der Waals surface area contributed by atoms with Gasteiger partial charge in [-0.05, 0) is 65.3 Å². The highest BCUT2D eigenvalue weighted by Gasteiger charge is 2.29. The van der Waals surface area contributed by atoms with Crippen molar-refractivity contribution in [2.45, 2.75) is 64.3 Å². The number of hydrogen-bond acceptors (Lipinski definition) is 4. The van der Waals surface area contributed by atoms with Gasteiger partial charge in [0.05, 0.1) is 12.1 Å². The first-order chi connectivity index (χ1) is 11.2. The number of carbonyl (C=O) groups is 1. The minimum atomic E-state index is -0.509. The van der Waals surface area contributed by atoms with E-state index in [1.165, 1.54) is 0 Å². The highest BCUT2D eigenvalue weighted by atomic mass is 16.6. The third-order valence-corrected chi connectivity index (χ3v) is 4.45. The number of hydrogen-bond donors (Lipinski definition) is 2. The van der Waals surface area contributed by atoms with E-state index in [4.69, 9.17) is 4.74 Å². The Balaban J connectivity index is 1.97. The Kier molecular flexibility index (Phi) is 5.88. The lowest BCUT2D eigenvalue weighted by atomic mass is 9.98. The van der Waals surface area contributed by atoms with Crippen molar-refractivity contribution in [1.82, 2.24) is 10.2 Å². The Hall–Kier alpha value is -1.59. The van der Waals surface area contributed by atoms with Gasteiger partial charge in [-0.15, -0.1) is 0 Å². The van der Waals surface area contributed by atoms with Gasteiger partial charge in [0.15, 0.2) is 0 Å². The Bertz CT molecular complexity index is 551. The molecule has 1 aliphatic heterocycles. The normalized spacial score (nSPS) is 21.3. The summed E-state index contributed by atoms with van der Waals surface area (Å²) < 4.78 is 5.28. The largest absolute Gasteiger partial charge is 0.444 e. The first-order valence-electron chi connectivity index (χ1n) is 8.65. The van der Waals surface area contributed by atoms with Crippen molar-refractivity contribution in [3.05, 3.63) is 35.4 Å². The highest BCUT2D eigenvalue weighted by molar-refractivity contribution is 5.68. The molecule has 1 aromatic rings. The molecule has 1 aliphatic rings. The maximum atomic E-state index is 11.8. The number of nitrogens with zero attached hydrogens (tertiary/aromatic N) is 1. The first kappa shape index (κ1) is 18.7. The minimum absolute atomic E-state index is 0.153. The number of alkyl carbamates (subject to hydrolysis) is 1. The lowest BCUT2D eigenvalue weighted by Crippen LogP contribution is -2.34. The molecule has 0 aliphatic carbocycles. The van der Waals surface area contributed by atoms with Crippen LogP contribution in [0, 0.1) is 0 Å². The third kappa shape index (κ3) is 4.95. The van der Waals surface area contributed by atoms with Crippen LogP contribution in [0.5, 0.6) is 0 Å². The van der Waals surface area contributed by atoms with Crippen LogP contribution < -0.4 is 5.32 Å². The molecule has 1 unspecified atom stereocenters. The van der Waals surface area contributed by atoms with Crippen molar-refractivity contribution < 1.29 is 14.6 Å². The number of aliphatic hydroxyl groups is 1. The Morgan fingerprint density at radius 3 is 2.38 bits per heavy atom. The Morgan fingerprint density at radius 1 is 1.29 bits per heavy atom. The van der Waals surface area contributed by atoms with Crippen molar-refractivity contribution in [3.8, 4) is 0 Å². The van der Waals surface area contributed by atoms with E-state index in [1.807, 2.05) is 52.0 Å². The molecule has 2 rings (SSSR count). The molecule has 1 fully saturated rings. The lowest BCUT2D eigenvalue weighted by Gasteiger charge is -2.26. The second-order valence-corrected chi connectivity index (χ2v) is 7.67. The molecule has 1 aromatic carbocycles. The van der Waals surface area contributed by atoms with Gasteiger partial charge in [0, 0.05) is 6.04 Å². The van der Waals surface area contributed by atoms with Gasteiger partial charge in [0.1, 0.15) is 5.60 Å². The smallest absolute Gasteiger partial charge is 0.408 e. The van der Waals surface area contributed by atoms with Gasteiger partial charge in [-0.25, -0.2) is 4.79 Å². The van der Waals surface area contributed by atoms with Crippen molar-refractivity contribution in [1.29, 1.82) is 0 Å². The topological polar surface area (TPSA) is 61.8 Å². The zero-order chi connectivity index (χ0) is 17.9. The van der Waals surface area contributed by atoms with Gasteiger partial charge in [-0.1, -0.05) is 24.3 Å². The molecule has 24 heavy (non-hydrogen) atoms.